The molecule has 1 atom stereocenters. The number of hydrogen-bond acceptors (Lipinski definition) is 4. The van der Waals surface area contributed by atoms with Gasteiger partial charge in [-0.25, -0.2) is 9.97 Å². The molecule has 0 spiro atoms. The fraction of sp³-hybridized carbons (Fsp3) is 0.583. The molecule has 0 unspecified atom stereocenters. The molecule has 0 saturated carbocycles. The lowest BCUT2D eigenvalue weighted by molar-refractivity contribution is -0.129. The highest BCUT2D eigenvalue weighted by molar-refractivity contribution is 5.83. The molecule has 0 aliphatic heterocycles. The summed E-state index contributed by atoms with van der Waals surface area (Å²) < 4.78 is 0. The second kappa shape index (κ2) is 5.61. The molecule has 1 rings (SSSR count). The third kappa shape index (κ3) is 3.69. The van der Waals surface area contributed by atoms with Gasteiger partial charge >= 0.3 is 0 Å². The molecule has 5 nitrogen and oxygen atoms in total. The molecule has 5 heteroatoms. The summed E-state index contributed by atoms with van der Waals surface area (Å²) in [4.78, 5) is 21.8. The van der Waals surface area contributed by atoms with Gasteiger partial charge in [-0.1, -0.05) is 6.92 Å². The zero-order valence-corrected chi connectivity index (χ0v) is 11.1. The van der Waals surface area contributed by atoms with E-state index in [1.54, 1.807) is 19.0 Å². The Morgan fingerprint density at radius 2 is 2.12 bits per heavy atom. The van der Waals surface area contributed by atoms with E-state index in [2.05, 4.69) is 15.3 Å². The summed E-state index contributed by atoms with van der Waals surface area (Å²) >= 11 is 0. The van der Waals surface area contributed by atoms with Crippen LogP contribution in [0.4, 0.5) is 5.82 Å². The first-order chi connectivity index (χ1) is 7.93. The summed E-state index contributed by atoms with van der Waals surface area (Å²) in [6.45, 7) is 5.72. The van der Waals surface area contributed by atoms with Crippen LogP contribution >= 0.6 is 0 Å². The van der Waals surface area contributed by atoms with E-state index in [1.165, 1.54) is 0 Å². The Bertz CT molecular complexity index is 403. The van der Waals surface area contributed by atoms with Crippen molar-refractivity contribution in [3.8, 4) is 0 Å². The van der Waals surface area contributed by atoms with Crippen molar-refractivity contribution in [2.75, 3.05) is 19.4 Å². The predicted molar refractivity (Wildman–Crippen MR) is 67.9 cm³/mol. The number of carbonyl (C=O) groups excluding carboxylic acids is 1. The molecular weight excluding hydrogens is 216 g/mol. The van der Waals surface area contributed by atoms with E-state index in [1.807, 2.05) is 26.8 Å². The van der Waals surface area contributed by atoms with E-state index >= 15 is 0 Å². The van der Waals surface area contributed by atoms with Crippen molar-refractivity contribution in [3.63, 3.8) is 0 Å². The maximum Gasteiger partial charge on any atom is 0.244 e. The monoisotopic (exact) mass is 236 g/mol. The second-order valence-electron chi connectivity index (χ2n) is 4.24. The van der Waals surface area contributed by atoms with Gasteiger partial charge in [0.05, 0.1) is 0 Å². The number of likely N-dealkylation sites (N-methyl/N-ethyl adjacent to an activating group) is 1. The standard InChI is InChI=1S/C12H20N4O/c1-6-10-7-11(15-9(3)14-10)13-8(2)12(17)16(4)5/h7-8H,6H2,1-5H3,(H,13,14,15)/t8-/m0/s1. The van der Waals surface area contributed by atoms with Gasteiger partial charge in [-0.15, -0.1) is 0 Å². The van der Waals surface area contributed by atoms with Crippen LogP contribution in [0.1, 0.15) is 25.4 Å². The smallest absolute Gasteiger partial charge is 0.244 e. The van der Waals surface area contributed by atoms with Crippen LogP contribution in [0.2, 0.25) is 0 Å². The second-order valence-corrected chi connectivity index (χ2v) is 4.24. The summed E-state index contributed by atoms with van der Waals surface area (Å²) in [7, 11) is 3.48. The molecular formula is C12H20N4O. The van der Waals surface area contributed by atoms with Crippen LogP contribution in [0.3, 0.4) is 0 Å². The number of hydrogen-bond donors (Lipinski definition) is 1. The fourth-order valence-corrected chi connectivity index (χ4v) is 1.56. The molecule has 0 saturated heterocycles. The van der Waals surface area contributed by atoms with Crippen molar-refractivity contribution < 1.29 is 4.79 Å². The van der Waals surface area contributed by atoms with Crippen molar-refractivity contribution in [1.82, 2.24) is 14.9 Å². The topological polar surface area (TPSA) is 58.1 Å². The maximum absolute atomic E-state index is 11.7. The van der Waals surface area contributed by atoms with Crippen LogP contribution in [0.25, 0.3) is 0 Å². The van der Waals surface area contributed by atoms with Crippen LogP contribution in [0, 0.1) is 6.92 Å². The Balaban J connectivity index is 2.81. The molecule has 0 bridgehead atoms. The van der Waals surface area contributed by atoms with Gasteiger partial charge in [-0.3, -0.25) is 4.79 Å². The van der Waals surface area contributed by atoms with Crippen LogP contribution in [-0.2, 0) is 11.2 Å². The molecule has 17 heavy (non-hydrogen) atoms. The van der Waals surface area contributed by atoms with Gasteiger partial charge in [0.2, 0.25) is 5.91 Å². The molecule has 0 fully saturated rings. The van der Waals surface area contributed by atoms with Crippen molar-refractivity contribution >= 4 is 11.7 Å². The molecule has 1 N–H and O–H groups in total. The highest BCUT2D eigenvalue weighted by Gasteiger charge is 2.15. The van der Waals surface area contributed by atoms with Gasteiger partial charge in [-0.05, 0) is 20.3 Å². The zero-order chi connectivity index (χ0) is 13.0. The number of anilines is 1. The first-order valence-electron chi connectivity index (χ1n) is 5.76. The Hall–Kier alpha value is -1.65. The summed E-state index contributed by atoms with van der Waals surface area (Å²) in [5.41, 5.74) is 0.976. The lowest BCUT2D eigenvalue weighted by Gasteiger charge is -2.18. The van der Waals surface area contributed by atoms with Gasteiger partial charge in [-0.2, -0.15) is 0 Å². The highest BCUT2D eigenvalue weighted by atomic mass is 16.2. The number of nitrogens with one attached hydrogen (secondary N) is 1. The summed E-state index contributed by atoms with van der Waals surface area (Å²) in [6, 6.07) is 1.59. The number of aromatic nitrogens is 2. The van der Waals surface area contributed by atoms with E-state index in [9.17, 15) is 4.79 Å². The first-order valence-corrected chi connectivity index (χ1v) is 5.76. The van der Waals surface area contributed by atoms with Gasteiger partial charge in [0, 0.05) is 25.9 Å². The van der Waals surface area contributed by atoms with Crippen LogP contribution in [0.5, 0.6) is 0 Å². The van der Waals surface area contributed by atoms with Gasteiger partial charge < -0.3 is 10.2 Å². The minimum Gasteiger partial charge on any atom is -0.359 e. The Labute approximate surface area is 102 Å². The molecule has 0 aliphatic rings. The summed E-state index contributed by atoms with van der Waals surface area (Å²) in [6.07, 6.45) is 0.855. The molecule has 0 radical (unpaired) electrons. The van der Waals surface area contributed by atoms with Crippen molar-refractivity contribution in [2.24, 2.45) is 0 Å². The third-order valence-electron chi connectivity index (χ3n) is 2.43. The average molecular weight is 236 g/mol. The van der Waals surface area contributed by atoms with Crippen molar-refractivity contribution in [3.05, 3.63) is 17.6 Å². The maximum atomic E-state index is 11.7. The summed E-state index contributed by atoms with van der Waals surface area (Å²) in [5.74, 6) is 1.45. The Kier molecular flexibility index (Phi) is 4.43. The number of aryl methyl sites for hydroxylation is 2. The highest BCUT2D eigenvalue weighted by Crippen LogP contribution is 2.09. The Morgan fingerprint density at radius 3 is 2.65 bits per heavy atom. The van der Waals surface area contributed by atoms with Crippen LogP contribution in [0.15, 0.2) is 6.07 Å². The van der Waals surface area contributed by atoms with Crippen LogP contribution in [-0.4, -0.2) is 40.9 Å². The molecule has 1 heterocycles. The van der Waals surface area contributed by atoms with E-state index in [0.717, 1.165) is 17.9 Å². The predicted octanol–water partition coefficient (Wildman–Crippen LogP) is 1.24. The van der Waals surface area contributed by atoms with E-state index < -0.39 is 0 Å². The molecule has 94 valence electrons. The molecule has 1 aromatic heterocycles. The SMILES string of the molecule is CCc1cc(N[C@@H](C)C(=O)N(C)C)nc(C)n1. The minimum absolute atomic E-state index is 0.0271. The molecule has 1 amide bonds. The van der Waals surface area contributed by atoms with E-state index in [4.69, 9.17) is 0 Å². The number of nitrogens with zero attached hydrogens (tertiary/aromatic N) is 3. The molecule has 0 aromatic carbocycles. The lowest BCUT2D eigenvalue weighted by Crippen LogP contribution is -2.36. The van der Waals surface area contributed by atoms with E-state index in [0.29, 0.717) is 5.82 Å². The van der Waals surface area contributed by atoms with Crippen LogP contribution < -0.4 is 5.32 Å². The number of amides is 1. The average Bonchev–Trinajstić information content (AvgIpc) is 2.26. The van der Waals surface area contributed by atoms with Gasteiger partial charge in [0.25, 0.3) is 0 Å². The number of carbonyl (C=O) groups is 1. The number of rotatable bonds is 4. The van der Waals surface area contributed by atoms with E-state index in [-0.39, 0.29) is 11.9 Å². The minimum atomic E-state index is -0.288. The fourth-order valence-electron chi connectivity index (χ4n) is 1.56. The lowest BCUT2D eigenvalue weighted by atomic mass is 10.2. The molecule has 0 aliphatic carbocycles. The summed E-state index contributed by atoms with van der Waals surface area (Å²) in [5, 5.41) is 3.10. The Morgan fingerprint density at radius 1 is 1.47 bits per heavy atom. The van der Waals surface area contributed by atoms with Crippen molar-refractivity contribution in [1.29, 1.82) is 0 Å². The van der Waals surface area contributed by atoms with Gasteiger partial charge in [0.1, 0.15) is 17.7 Å². The zero-order valence-electron chi connectivity index (χ0n) is 11.1. The third-order valence-corrected chi connectivity index (χ3v) is 2.43. The van der Waals surface area contributed by atoms with Gasteiger partial charge in [0.15, 0.2) is 0 Å². The first kappa shape index (κ1) is 13.4. The molecule has 1 aromatic rings. The largest absolute Gasteiger partial charge is 0.359 e. The normalized spacial score (nSPS) is 12.1. The quantitative estimate of drug-likeness (QED) is 0.854. The van der Waals surface area contributed by atoms with Crippen molar-refractivity contribution in [2.45, 2.75) is 33.2 Å².